The molecule has 1 aromatic rings. The molecule has 0 saturated heterocycles. The van der Waals surface area contributed by atoms with E-state index in [2.05, 4.69) is 28.0 Å². The van der Waals surface area contributed by atoms with Crippen molar-refractivity contribution < 1.29 is 23.8 Å². The number of benzene rings is 1. The Morgan fingerprint density at radius 2 is 2.29 bits per heavy atom. The summed E-state index contributed by atoms with van der Waals surface area (Å²) in [6, 6.07) is 5.50. The number of halogens is 1. The summed E-state index contributed by atoms with van der Waals surface area (Å²) in [5, 5.41) is 4.11. The smallest absolute Gasteiger partial charge is 0.346 e. The Kier molecular flexibility index (Phi) is 7.05. The van der Waals surface area contributed by atoms with Crippen molar-refractivity contribution in [3.05, 3.63) is 28.2 Å². The van der Waals surface area contributed by atoms with Crippen LogP contribution in [0.4, 0.5) is 0 Å². The molecule has 0 radical (unpaired) electrons. The van der Waals surface area contributed by atoms with Crippen molar-refractivity contribution in [2.24, 2.45) is 5.16 Å². The third-order valence-electron chi connectivity index (χ3n) is 3.57. The first-order valence-corrected chi connectivity index (χ1v) is 8.72. The molecule has 0 fully saturated rings. The topological polar surface area (TPSA) is 66.3 Å². The Hall–Kier alpha value is -1.60. The third kappa shape index (κ3) is 4.70. The highest BCUT2D eigenvalue weighted by atomic mass is 79.9. The number of hydrogen-bond acceptors (Lipinski definition) is 6. The molecule has 6 nitrogen and oxygen atoms in total. The Morgan fingerprint density at radius 3 is 3.00 bits per heavy atom. The molecule has 1 aromatic carbocycles. The van der Waals surface area contributed by atoms with E-state index in [4.69, 9.17) is 19.0 Å². The van der Waals surface area contributed by atoms with Crippen LogP contribution in [0.25, 0.3) is 0 Å². The Morgan fingerprint density at radius 1 is 1.50 bits per heavy atom. The molecular weight excluding hydrogens is 378 g/mol. The summed E-state index contributed by atoms with van der Waals surface area (Å²) in [4.78, 5) is 16.8. The van der Waals surface area contributed by atoms with E-state index in [1.54, 1.807) is 13.0 Å². The first kappa shape index (κ1) is 18.7. The van der Waals surface area contributed by atoms with Gasteiger partial charge >= 0.3 is 5.97 Å². The van der Waals surface area contributed by atoms with E-state index in [-0.39, 0.29) is 6.10 Å². The summed E-state index contributed by atoms with van der Waals surface area (Å²) in [6.07, 6.45) is 1.06. The molecule has 0 amide bonds. The fraction of sp³-hybridized carbons (Fsp3) is 0.529. The van der Waals surface area contributed by atoms with Crippen molar-refractivity contribution >= 4 is 27.6 Å². The number of methoxy groups -OCH3 is 1. The van der Waals surface area contributed by atoms with Gasteiger partial charge in [-0.1, -0.05) is 34.4 Å². The van der Waals surface area contributed by atoms with Crippen LogP contribution in [0.2, 0.25) is 0 Å². The molecule has 0 N–H and O–H groups in total. The third-order valence-corrected chi connectivity index (χ3v) is 4.06. The fourth-order valence-electron chi connectivity index (χ4n) is 2.24. The van der Waals surface area contributed by atoms with Crippen LogP contribution >= 0.6 is 15.9 Å². The second kappa shape index (κ2) is 9.03. The van der Waals surface area contributed by atoms with Gasteiger partial charge in [0, 0.05) is 16.6 Å². The lowest BCUT2D eigenvalue weighted by Crippen LogP contribution is -2.28. The van der Waals surface area contributed by atoms with Crippen LogP contribution in [-0.2, 0) is 19.1 Å². The van der Waals surface area contributed by atoms with Crippen molar-refractivity contribution in [2.75, 3.05) is 20.3 Å². The van der Waals surface area contributed by atoms with E-state index in [1.807, 2.05) is 12.1 Å². The van der Waals surface area contributed by atoms with E-state index in [0.29, 0.717) is 24.7 Å². The predicted molar refractivity (Wildman–Crippen MR) is 93.4 cm³/mol. The molecule has 2 rings (SSSR count). The van der Waals surface area contributed by atoms with Crippen molar-refractivity contribution in [1.29, 1.82) is 0 Å². The zero-order valence-electron chi connectivity index (χ0n) is 14.1. The fourth-order valence-corrected chi connectivity index (χ4v) is 2.60. The second-order valence-electron chi connectivity index (χ2n) is 5.41. The summed E-state index contributed by atoms with van der Waals surface area (Å²) in [6.45, 7) is 4.77. The molecule has 7 heteroatoms. The lowest BCUT2D eigenvalue weighted by atomic mass is 10.0. The number of carbonyl (C=O) groups is 1. The molecule has 1 unspecified atom stereocenters. The van der Waals surface area contributed by atoms with E-state index in [0.717, 1.165) is 22.9 Å². The van der Waals surface area contributed by atoms with E-state index in [1.165, 1.54) is 7.11 Å². The van der Waals surface area contributed by atoms with Gasteiger partial charge in [0.1, 0.15) is 24.2 Å². The van der Waals surface area contributed by atoms with E-state index in [9.17, 15) is 4.79 Å². The monoisotopic (exact) mass is 399 g/mol. The van der Waals surface area contributed by atoms with Crippen molar-refractivity contribution in [3.8, 4) is 5.75 Å². The minimum atomic E-state index is -0.725. The average Bonchev–Trinajstić information content (AvgIpc) is 3.04. The lowest BCUT2D eigenvalue weighted by molar-refractivity contribution is -0.147. The zero-order valence-corrected chi connectivity index (χ0v) is 15.7. The van der Waals surface area contributed by atoms with Crippen LogP contribution < -0.4 is 4.74 Å². The van der Waals surface area contributed by atoms with Gasteiger partial charge in [0.15, 0.2) is 6.10 Å². The van der Waals surface area contributed by atoms with Crippen molar-refractivity contribution in [1.82, 2.24) is 0 Å². The average molecular weight is 400 g/mol. The van der Waals surface area contributed by atoms with Crippen molar-refractivity contribution in [2.45, 2.75) is 38.9 Å². The quantitative estimate of drug-likeness (QED) is 0.495. The molecule has 0 aromatic heterocycles. The van der Waals surface area contributed by atoms with Crippen LogP contribution in [0.15, 0.2) is 27.8 Å². The molecule has 0 aliphatic carbocycles. The maximum absolute atomic E-state index is 11.6. The largest absolute Gasteiger partial charge is 0.478 e. The summed E-state index contributed by atoms with van der Waals surface area (Å²) >= 11 is 3.45. The first-order valence-electron chi connectivity index (χ1n) is 7.92. The molecule has 24 heavy (non-hydrogen) atoms. The maximum Gasteiger partial charge on any atom is 0.346 e. The van der Waals surface area contributed by atoms with Crippen LogP contribution in [0.1, 0.15) is 32.3 Å². The number of ether oxygens (including phenoxy) is 3. The summed E-state index contributed by atoms with van der Waals surface area (Å²) in [7, 11) is 1.33. The SMILES string of the molecule is CCCCOC1CON=C1c1cc(Br)ccc1O[C@@H](C)C(=O)OC. The van der Waals surface area contributed by atoms with Crippen LogP contribution in [0.3, 0.4) is 0 Å². The highest BCUT2D eigenvalue weighted by Gasteiger charge is 2.29. The summed E-state index contributed by atoms with van der Waals surface area (Å²) in [5.41, 5.74) is 1.40. The molecule has 1 aliphatic rings. The maximum atomic E-state index is 11.6. The highest BCUT2D eigenvalue weighted by molar-refractivity contribution is 9.10. The first-order chi connectivity index (χ1) is 11.6. The number of hydrogen-bond donors (Lipinski definition) is 0. The minimum absolute atomic E-state index is 0.248. The lowest BCUT2D eigenvalue weighted by Gasteiger charge is -2.18. The number of esters is 1. The van der Waals surface area contributed by atoms with E-state index >= 15 is 0 Å². The molecule has 132 valence electrons. The number of unbranched alkanes of at least 4 members (excludes halogenated alkanes) is 1. The van der Waals surface area contributed by atoms with Gasteiger partial charge in [0.2, 0.25) is 0 Å². The number of carbonyl (C=O) groups excluding carboxylic acids is 1. The van der Waals surface area contributed by atoms with Gasteiger partial charge < -0.3 is 19.0 Å². The highest BCUT2D eigenvalue weighted by Crippen LogP contribution is 2.28. The molecule has 0 saturated carbocycles. The van der Waals surface area contributed by atoms with Gasteiger partial charge in [-0.3, -0.25) is 0 Å². The van der Waals surface area contributed by atoms with Gasteiger partial charge in [-0.05, 0) is 31.5 Å². The van der Waals surface area contributed by atoms with Crippen LogP contribution in [0.5, 0.6) is 5.75 Å². The van der Waals surface area contributed by atoms with Gasteiger partial charge in [0.05, 0.1) is 7.11 Å². The van der Waals surface area contributed by atoms with Gasteiger partial charge in [0.25, 0.3) is 0 Å². The van der Waals surface area contributed by atoms with Crippen LogP contribution in [-0.4, -0.2) is 44.2 Å². The Balaban J connectivity index is 2.21. The number of rotatable bonds is 8. The molecule has 0 bridgehead atoms. The Labute approximate surface area is 150 Å². The molecular formula is C17H22BrNO5. The number of nitrogens with zero attached hydrogens (tertiary/aromatic N) is 1. The standard InChI is InChI=1S/C17H22BrNO5/c1-4-5-8-22-15-10-23-19-16(15)13-9-12(18)6-7-14(13)24-11(2)17(20)21-3/h6-7,9,11,15H,4-5,8,10H2,1-3H3/t11-,15?/m0/s1. The van der Waals surface area contributed by atoms with Gasteiger partial charge in [-0.2, -0.15) is 0 Å². The van der Waals surface area contributed by atoms with Crippen LogP contribution in [0, 0.1) is 0 Å². The molecule has 0 spiro atoms. The van der Waals surface area contributed by atoms with Gasteiger partial charge in [-0.25, -0.2) is 4.79 Å². The summed E-state index contributed by atoms with van der Waals surface area (Å²) in [5.74, 6) is 0.0914. The number of oxime groups is 1. The molecule has 2 atom stereocenters. The second-order valence-corrected chi connectivity index (χ2v) is 6.32. The normalized spacial score (nSPS) is 17.8. The Bertz CT molecular complexity index is 605. The predicted octanol–water partition coefficient (Wildman–Crippen LogP) is 3.31. The minimum Gasteiger partial charge on any atom is -0.478 e. The summed E-state index contributed by atoms with van der Waals surface area (Å²) < 4.78 is 17.2. The van der Waals surface area contributed by atoms with Gasteiger partial charge in [-0.15, -0.1) is 0 Å². The zero-order chi connectivity index (χ0) is 17.5. The van der Waals surface area contributed by atoms with E-state index < -0.39 is 12.1 Å². The molecule has 1 heterocycles. The molecule has 1 aliphatic heterocycles. The van der Waals surface area contributed by atoms with Crippen molar-refractivity contribution in [3.63, 3.8) is 0 Å².